The second-order valence-electron chi connectivity index (χ2n) is 7.95. The molecule has 2 aliphatic rings. The third-order valence-electron chi connectivity index (χ3n) is 6.26. The van der Waals surface area contributed by atoms with Crippen LogP contribution in [-0.2, 0) is 4.79 Å². The van der Waals surface area contributed by atoms with Crippen LogP contribution in [0.25, 0.3) is 11.1 Å². The Morgan fingerprint density at radius 1 is 0.964 bits per heavy atom. The van der Waals surface area contributed by atoms with Crippen molar-refractivity contribution >= 4 is 5.91 Å². The van der Waals surface area contributed by atoms with Crippen molar-refractivity contribution in [3.8, 4) is 22.6 Å². The molecular weight excluding hydrogens is 350 g/mol. The van der Waals surface area contributed by atoms with Crippen LogP contribution in [0.5, 0.6) is 11.5 Å². The highest BCUT2D eigenvalue weighted by Gasteiger charge is 2.29. The molecule has 2 aromatic carbocycles. The Kier molecular flexibility index (Phi) is 5.56. The van der Waals surface area contributed by atoms with Crippen molar-refractivity contribution < 1.29 is 14.3 Å². The van der Waals surface area contributed by atoms with Gasteiger partial charge in [0.25, 0.3) is 0 Å². The SMILES string of the molecule is COc1ccc2c(c1)C(CCNC(=O)CC1CCCC1)c1cc(OC)ccc1-2. The van der Waals surface area contributed by atoms with Crippen molar-refractivity contribution in [3.63, 3.8) is 0 Å². The number of rotatable bonds is 7. The summed E-state index contributed by atoms with van der Waals surface area (Å²) in [6.07, 6.45) is 6.51. The lowest BCUT2D eigenvalue weighted by molar-refractivity contribution is -0.121. The number of hydrogen-bond acceptors (Lipinski definition) is 3. The molecule has 0 atom stereocenters. The highest BCUT2D eigenvalue weighted by atomic mass is 16.5. The van der Waals surface area contributed by atoms with Gasteiger partial charge in [0, 0.05) is 18.9 Å². The van der Waals surface area contributed by atoms with E-state index in [0.29, 0.717) is 18.9 Å². The Labute approximate surface area is 167 Å². The van der Waals surface area contributed by atoms with E-state index in [2.05, 4.69) is 29.6 Å². The molecule has 1 N–H and O–H groups in total. The Hall–Kier alpha value is -2.49. The molecule has 0 unspecified atom stereocenters. The van der Waals surface area contributed by atoms with Crippen LogP contribution in [0.3, 0.4) is 0 Å². The van der Waals surface area contributed by atoms with Crippen LogP contribution >= 0.6 is 0 Å². The van der Waals surface area contributed by atoms with Crippen LogP contribution < -0.4 is 14.8 Å². The Bertz CT molecular complexity index is 801. The lowest BCUT2D eigenvalue weighted by atomic mass is 9.93. The molecule has 0 radical (unpaired) electrons. The number of ether oxygens (including phenoxy) is 2. The highest BCUT2D eigenvalue weighted by molar-refractivity contribution is 5.80. The fourth-order valence-corrected chi connectivity index (χ4v) is 4.79. The van der Waals surface area contributed by atoms with Crippen molar-refractivity contribution in [1.29, 1.82) is 0 Å². The van der Waals surface area contributed by atoms with E-state index in [1.165, 1.54) is 47.9 Å². The molecule has 0 bridgehead atoms. The molecule has 0 heterocycles. The van der Waals surface area contributed by atoms with Crippen LogP contribution in [0.2, 0.25) is 0 Å². The molecule has 1 amide bonds. The first-order chi connectivity index (χ1) is 13.7. The molecule has 2 aliphatic carbocycles. The van der Waals surface area contributed by atoms with Gasteiger partial charge in [0.05, 0.1) is 14.2 Å². The van der Waals surface area contributed by atoms with Crippen molar-refractivity contribution in [1.82, 2.24) is 5.32 Å². The molecule has 4 heteroatoms. The van der Waals surface area contributed by atoms with Gasteiger partial charge in [-0.25, -0.2) is 0 Å². The molecule has 2 aromatic rings. The number of fused-ring (bicyclic) bond motifs is 3. The van der Waals surface area contributed by atoms with Gasteiger partial charge >= 0.3 is 0 Å². The summed E-state index contributed by atoms with van der Waals surface area (Å²) in [6.45, 7) is 0.684. The lowest BCUT2D eigenvalue weighted by Crippen LogP contribution is -2.27. The van der Waals surface area contributed by atoms with Crippen molar-refractivity contribution in [2.45, 2.75) is 44.4 Å². The summed E-state index contributed by atoms with van der Waals surface area (Å²) < 4.78 is 10.9. The molecule has 148 valence electrons. The predicted molar refractivity (Wildman–Crippen MR) is 111 cm³/mol. The Morgan fingerprint density at radius 3 is 2.07 bits per heavy atom. The largest absolute Gasteiger partial charge is 0.497 e. The third-order valence-corrected chi connectivity index (χ3v) is 6.26. The molecule has 0 aliphatic heterocycles. The topological polar surface area (TPSA) is 47.6 Å². The monoisotopic (exact) mass is 379 g/mol. The van der Waals surface area contributed by atoms with Crippen LogP contribution in [0, 0.1) is 5.92 Å². The summed E-state index contributed by atoms with van der Waals surface area (Å²) >= 11 is 0. The number of methoxy groups -OCH3 is 2. The second-order valence-corrected chi connectivity index (χ2v) is 7.95. The van der Waals surface area contributed by atoms with Gasteiger partial charge in [0.2, 0.25) is 5.91 Å². The number of carbonyl (C=O) groups excluding carboxylic acids is 1. The van der Waals surface area contributed by atoms with Crippen LogP contribution in [0.4, 0.5) is 0 Å². The molecule has 1 fully saturated rings. The summed E-state index contributed by atoms with van der Waals surface area (Å²) in [5.41, 5.74) is 5.04. The first-order valence-electron chi connectivity index (χ1n) is 10.3. The highest BCUT2D eigenvalue weighted by Crippen LogP contribution is 2.48. The van der Waals surface area contributed by atoms with Crippen LogP contribution in [0.1, 0.15) is 55.6 Å². The normalized spacial score (nSPS) is 15.9. The predicted octanol–water partition coefficient (Wildman–Crippen LogP) is 4.90. The maximum atomic E-state index is 12.3. The van der Waals surface area contributed by atoms with Crippen LogP contribution in [-0.4, -0.2) is 26.7 Å². The number of nitrogens with one attached hydrogen (secondary N) is 1. The van der Waals surface area contributed by atoms with E-state index in [1.807, 2.05) is 12.1 Å². The van der Waals surface area contributed by atoms with Gasteiger partial charge in [-0.15, -0.1) is 0 Å². The fourth-order valence-electron chi connectivity index (χ4n) is 4.79. The van der Waals surface area contributed by atoms with Crippen molar-refractivity contribution in [3.05, 3.63) is 47.5 Å². The second kappa shape index (κ2) is 8.26. The number of amides is 1. The molecule has 0 aromatic heterocycles. The van der Waals surface area contributed by atoms with E-state index in [0.717, 1.165) is 17.9 Å². The van der Waals surface area contributed by atoms with Crippen molar-refractivity contribution in [2.24, 2.45) is 5.92 Å². The first-order valence-corrected chi connectivity index (χ1v) is 10.3. The summed E-state index contributed by atoms with van der Waals surface area (Å²) in [5.74, 6) is 2.76. The minimum Gasteiger partial charge on any atom is -0.497 e. The van der Waals surface area contributed by atoms with E-state index in [1.54, 1.807) is 14.2 Å². The van der Waals surface area contributed by atoms with Crippen LogP contribution in [0.15, 0.2) is 36.4 Å². The van der Waals surface area contributed by atoms with Gasteiger partial charge in [0.1, 0.15) is 11.5 Å². The first kappa shape index (κ1) is 18.9. The molecule has 4 nitrogen and oxygen atoms in total. The van der Waals surface area contributed by atoms with E-state index < -0.39 is 0 Å². The quantitative estimate of drug-likeness (QED) is 0.744. The molecule has 28 heavy (non-hydrogen) atoms. The van der Waals surface area contributed by atoms with E-state index >= 15 is 0 Å². The van der Waals surface area contributed by atoms with Gasteiger partial charge in [0.15, 0.2) is 0 Å². The molecule has 0 spiro atoms. The third kappa shape index (κ3) is 3.73. The molecule has 0 saturated heterocycles. The summed E-state index contributed by atoms with van der Waals surface area (Å²) in [5, 5.41) is 3.15. The molecule has 4 rings (SSSR count). The van der Waals surface area contributed by atoms with Gasteiger partial charge in [-0.3, -0.25) is 4.79 Å². The Morgan fingerprint density at radius 2 is 1.54 bits per heavy atom. The maximum Gasteiger partial charge on any atom is 0.220 e. The maximum absolute atomic E-state index is 12.3. The van der Waals surface area contributed by atoms with Gasteiger partial charge in [-0.2, -0.15) is 0 Å². The molecular formula is C24H29NO3. The standard InChI is InChI=1S/C24H29NO3/c1-27-17-7-9-19-20-10-8-18(28-2)15-23(20)21(22(19)14-17)11-12-25-24(26)13-16-5-3-4-6-16/h7-10,14-16,21H,3-6,11-13H2,1-2H3,(H,25,26). The minimum absolute atomic E-state index is 0.196. The number of benzene rings is 2. The van der Waals surface area contributed by atoms with Gasteiger partial charge < -0.3 is 14.8 Å². The summed E-state index contributed by atoms with van der Waals surface area (Å²) in [7, 11) is 3.40. The zero-order chi connectivity index (χ0) is 19.5. The van der Waals surface area contributed by atoms with E-state index in [4.69, 9.17) is 9.47 Å². The van der Waals surface area contributed by atoms with Gasteiger partial charge in [-0.1, -0.05) is 25.0 Å². The van der Waals surface area contributed by atoms with E-state index in [9.17, 15) is 4.79 Å². The zero-order valence-electron chi connectivity index (χ0n) is 16.8. The lowest BCUT2D eigenvalue weighted by Gasteiger charge is -2.16. The van der Waals surface area contributed by atoms with Crippen molar-refractivity contribution in [2.75, 3.05) is 20.8 Å². The smallest absolute Gasteiger partial charge is 0.220 e. The summed E-state index contributed by atoms with van der Waals surface area (Å²) in [6, 6.07) is 12.6. The van der Waals surface area contributed by atoms with Gasteiger partial charge in [-0.05, 0) is 71.7 Å². The number of carbonyl (C=O) groups is 1. The minimum atomic E-state index is 0.196. The number of hydrogen-bond donors (Lipinski definition) is 1. The Balaban J connectivity index is 1.50. The van der Waals surface area contributed by atoms with E-state index in [-0.39, 0.29) is 11.8 Å². The molecule has 1 saturated carbocycles. The zero-order valence-corrected chi connectivity index (χ0v) is 16.8. The average Bonchev–Trinajstić information content (AvgIpc) is 3.33. The fraction of sp³-hybridized carbons (Fsp3) is 0.458. The summed E-state index contributed by atoms with van der Waals surface area (Å²) in [4.78, 5) is 12.3. The average molecular weight is 380 g/mol.